The molecule has 1 aromatic rings. The number of nitrogens with one attached hydrogen (secondary N) is 2. The molecule has 1 fully saturated rings. The van der Waals surface area contributed by atoms with Gasteiger partial charge in [0.15, 0.2) is 0 Å². The summed E-state index contributed by atoms with van der Waals surface area (Å²) in [5.41, 5.74) is -0.363. The van der Waals surface area contributed by atoms with Crippen LogP contribution in [0.5, 0.6) is 5.75 Å². The molecule has 0 radical (unpaired) electrons. The van der Waals surface area contributed by atoms with Crippen LogP contribution in [0.2, 0.25) is 0 Å². The maximum absolute atomic E-state index is 12.0. The second-order valence-electron chi connectivity index (χ2n) is 7.53. The van der Waals surface area contributed by atoms with Gasteiger partial charge in [-0.25, -0.2) is 4.79 Å². The molecule has 0 spiro atoms. The number of hydrogen-bond acceptors (Lipinski definition) is 5. The highest BCUT2D eigenvalue weighted by atomic mass is 16.5. The molecule has 1 saturated heterocycles. The molecule has 0 aliphatic carbocycles. The third kappa shape index (κ3) is 7.84. The number of piperazine rings is 1. The Bertz CT molecular complexity index is 578. The van der Waals surface area contributed by atoms with Crippen molar-refractivity contribution in [3.63, 3.8) is 0 Å². The summed E-state index contributed by atoms with van der Waals surface area (Å²) in [5, 5.41) is 5.10. The molecule has 1 aliphatic heterocycles. The van der Waals surface area contributed by atoms with Gasteiger partial charge in [0, 0.05) is 38.3 Å². The molecule has 26 heavy (non-hydrogen) atoms. The van der Waals surface area contributed by atoms with E-state index in [-0.39, 0.29) is 18.0 Å². The number of ether oxygens (including phenoxy) is 1. The molecule has 0 saturated carbocycles. The normalized spacial score (nSPS) is 16.1. The van der Waals surface area contributed by atoms with Gasteiger partial charge in [0.1, 0.15) is 12.4 Å². The molecule has 3 amide bonds. The Morgan fingerprint density at radius 1 is 1.04 bits per heavy atom. The van der Waals surface area contributed by atoms with Crippen LogP contribution in [0, 0.1) is 0 Å². The van der Waals surface area contributed by atoms with Gasteiger partial charge in [0.2, 0.25) is 5.91 Å². The summed E-state index contributed by atoms with van der Waals surface area (Å²) >= 11 is 0. The second kappa shape index (κ2) is 9.54. The fourth-order valence-electron chi connectivity index (χ4n) is 2.72. The highest BCUT2D eigenvalue weighted by Gasteiger charge is 2.21. The van der Waals surface area contributed by atoms with Crippen molar-refractivity contribution in [2.24, 2.45) is 0 Å². The predicted octanol–water partition coefficient (Wildman–Crippen LogP) is 1.31. The first kappa shape index (κ1) is 20.2. The van der Waals surface area contributed by atoms with Crippen molar-refractivity contribution in [3.8, 4) is 5.75 Å². The number of para-hydroxylation sites is 1. The first-order valence-corrected chi connectivity index (χ1v) is 9.06. The van der Waals surface area contributed by atoms with Gasteiger partial charge in [-0.1, -0.05) is 18.2 Å². The quantitative estimate of drug-likeness (QED) is 0.798. The fourth-order valence-corrected chi connectivity index (χ4v) is 2.72. The minimum atomic E-state index is -0.445. The van der Waals surface area contributed by atoms with E-state index in [1.54, 1.807) is 0 Å². The van der Waals surface area contributed by atoms with Gasteiger partial charge >= 0.3 is 6.03 Å². The molecular weight excluding hydrogens is 332 g/mol. The highest BCUT2D eigenvalue weighted by molar-refractivity contribution is 5.95. The molecule has 0 aromatic heterocycles. The van der Waals surface area contributed by atoms with Gasteiger partial charge in [-0.15, -0.1) is 0 Å². The number of imide groups is 1. The number of nitrogens with zero attached hydrogens (tertiary/aromatic N) is 2. The number of urea groups is 1. The van der Waals surface area contributed by atoms with E-state index < -0.39 is 6.03 Å². The Morgan fingerprint density at radius 3 is 2.27 bits per heavy atom. The number of carbonyl (C=O) groups is 2. The lowest BCUT2D eigenvalue weighted by atomic mass is 10.1. The highest BCUT2D eigenvalue weighted by Crippen LogP contribution is 2.08. The Balaban J connectivity index is 1.60. The molecule has 0 bridgehead atoms. The maximum Gasteiger partial charge on any atom is 0.321 e. The molecule has 7 heteroatoms. The lowest BCUT2D eigenvalue weighted by Gasteiger charge is -2.34. The van der Waals surface area contributed by atoms with Crippen LogP contribution in [0.3, 0.4) is 0 Å². The summed E-state index contributed by atoms with van der Waals surface area (Å²) in [6.07, 6.45) is 0. The predicted molar refractivity (Wildman–Crippen MR) is 101 cm³/mol. The van der Waals surface area contributed by atoms with Gasteiger partial charge in [-0.3, -0.25) is 19.9 Å². The van der Waals surface area contributed by atoms with Crippen LogP contribution in [0.1, 0.15) is 20.8 Å². The molecule has 2 rings (SSSR count). The Hall–Kier alpha value is -2.12. The van der Waals surface area contributed by atoms with Crippen LogP contribution in [-0.2, 0) is 4.79 Å². The SMILES string of the molecule is CC(C)(C)NC(=O)NC(=O)CN1CCN(CCOc2ccccc2)CC1. The first-order valence-electron chi connectivity index (χ1n) is 9.06. The fraction of sp³-hybridized carbons (Fsp3) is 0.579. The van der Waals surface area contributed by atoms with Crippen molar-refractivity contribution < 1.29 is 14.3 Å². The van der Waals surface area contributed by atoms with E-state index in [4.69, 9.17) is 4.74 Å². The van der Waals surface area contributed by atoms with Gasteiger partial charge in [-0.05, 0) is 32.9 Å². The van der Waals surface area contributed by atoms with E-state index in [1.165, 1.54) is 0 Å². The van der Waals surface area contributed by atoms with E-state index >= 15 is 0 Å². The Kier molecular flexibility index (Phi) is 7.41. The summed E-state index contributed by atoms with van der Waals surface area (Å²) in [6, 6.07) is 9.34. The number of benzene rings is 1. The Morgan fingerprint density at radius 2 is 1.65 bits per heavy atom. The average Bonchev–Trinajstić information content (AvgIpc) is 2.55. The summed E-state index contributed by atoms with van der Waals surface area (Å²) in [5.74, 6) is 0.615. The Labute approximate surface area is 155 Å². The van der Waals surface area contributed by atoms with Gasteiger partial charge in [0.05, 0.1) is 6.54 Å². The van der Waals surface area contributed by atoms with E-state index in [1.807, 2.05) is 51.1 Å². The zero-order valence-electron chi connectivity index (χ0n) is 16.0. The molecule has 1 aromatic carbocycles. The third-order valence-corrected chi connectivity index (χ3v) is 3.99. The molecule has 1 heterocycles. The van der Waals surface area contributed by atoms with Gasteiger partial charge < -0.3 is 10.1 Å². The first-order chi connectivity index (χ1) is 12.3. The minimum Gasteiger partial charge on any atom is -0.492 e. The standard InChI is InChI=1S/C19H30N4O3/c1-19(2,3)21-18(25)20-17(24)15-23-11-9-22(10-12-23)13-14-26-16-7-5-4-6-8-16/h4-8H,9-15H2,1-3H3,(H2,20,21,24,25). The van der Waals surface area contributed by atoms with Gasteiger partial charge in [0.25, 0.3) is 0 Å². The van der Waals surface area contributed by atoms with Crippen LogP contribution < -0.4 is 15.4 Å². The van der Waals surface area contributed by atoms with Crippen molar-refractivity contribution in [3.05, 3.63) is 30.3 Å². The lowest BCUT2D eigenvalue weighted by Crippen LogP contribution is -2.53. The zero-order chi connectivity index (χ0) is 19.0. The smallest absolute Gasteiger partial charge is 0.321 e. The third-order valence-electron chi connectivity index (χ3n) is 3.99. The van der Waals surface area contributed by atoms with E-state index in [0.29, 0.717) is 6.61 Å². The molecule has 0 unspecified atom stereocenters. The molecule has 0 atom stereocenters. The topological polar surface area (TPSA) is 73.9 Å². The summed E-state index contributed by atoms with van der Waals surface area (Å²) in [4.78, 5) is 28.1. The van der Waals surface area contributed by atoms with E-state index in [9.17, 15) is 9.59 Å². The number of hydrogen-bond donors (Lipinski definition) is 2. The van der Waals surface area contributed by atoms with Crippen molar-refractivity contribution in [2.75, 3.05) is 45.9 Å². The molecule has 144 valence electrons. The number of amides is 3. The van der Waals surface area contributed by atoms with E-state index in [2.05, 4.69) is 20.4 Å². The van der Waals surface area contributed by atoms with Crippen LogP contribution >= 0.6 is 0 Å². The van der Waals surface area contributed by atoms with Crippen LogP contribution in [0.4, 0.5) is 4.79 Å². The molecular formula is C19H30N4O3. The average molecular weight is 362 g/mol. The van der Waals surface area contributed by atoms with Gasteiger partial charge in [-0.2, -0.15) is 0 Å². The van der Waals surface area contributed by atoms with Crippen molar-refractivity contribution in [1.82, 2.24) is 20.4 Å². The number of rotatable bonds is 6. The van der Waals surface area contributed by atoms with Crippen LogP contribution in [0.15, 0.2) is 30.3 Å². The summed E-state index contributed by atoms with van der Waals surface area (Å²) in [6.45, 7) is 10.8. The second-order valence-corrected chi connectivity index (χ2v) is 7.53. The van der Waals surface area contributed by atoms with Crippen LogP contribution in [0.25, 0.3) is 0 Å². The molecule has 1 aliphatic rings. The largest absolute Gasteiger partial charge is 0.492 e. The maximum atomic E-state index is 12.0. The molecule has 2 N–H and O–H groups in total. The summed E-state index contributed by atoms with van der Waals surface area (Å²) < 4.78 is 5.72. The molecule has 7 nitrogen and oxygen atoms in total. The van der Waals surface area contributed by atoms with Crippen molar-refractivity contribution in [1.29, 1.82) is 0 Å². The zero-order valence-corrected chi connectivity index (χ0v) is 16.0. The number of carbonyl (C=O) groups excluding carboxylic acids is 2. The minimum absolute atomic E-state index is 0.242. The van der Waals surface area contributed by atoms with Crippen molar-refractivity contribution >= 4 is 11.9 Å². The van der Waals surface area contributed by atoms with E-state index in [0.717, 1.165) is 38.5 Å². The lowest BCUT2D eigenvalue weighted by molar-refractivity contribution is -0.121. The van der Waals surface area contributed by atoms with Crippen LogP contribution in [-0.4, -0.2) is 73.2 Å². The monoisotopic (exact) mass is 362 g/mol. The summed E-state index contributed by atoms with van der Waals surface area (Å²) in [7, 11) is 0. The van der Waals surface area contributed by atoms with Crippen molar-refractivity contribution in [2.45, 2.75) is 26.3 Å².